The summed E-state index contributed by atoms with van der Waals surface area (Å²) < 4.78 is 10.7. The summed E-state index contributed by atoms with van der Waals surface area (Å²) in [6, 6.07) is 0. The standard InChI is InChI=1S/C15H28O6/c1-5-12(13(14(16)17)15(18)19)10(3)8-7-9-21-11(4)20-6-2/h10-13H,5-9H2,1-4H3,(H,16,17)(H,18,19). The fourth-order valence-electron chi connectivity index (χ4n) is 2.59. The number of carboxylic acid groups (broad SMARTS) is 2. The molecule has 0 aromatic heterocycles. The number of carbonyl (C=O) groups is 2. The molecule has 2 N–H and O–H groups in total. The number of carboxylic acids is 2. The van der Waals surface area contributed by atoms with Gasteiger partial charge in [0, 0.05) is 13.2 Å². The van der Waals surface area contributed by atoms with Crippen molar-refractivity contribution in [1.29, 1.82) is 0 Å². The van der Waals surface area contributed by atoms with Crippen LogP contribution in [0.4, 0.5) is 0 Å². The SMILES string of the molecule is CCOC(C)OCCCC(C)C(CC)C(C(=O)O)C(=O)O. The zero-order valence-electron chi connectivity index (χ0n) is 13.4. The molecule has 0 aliphatic carbocycles. The Kier molecular flexibility index (Phi) is 9.99. The summed E-state index contributed by atoms with van der Waals surface area (Å²) in [5, 5.41) is 18.2. The van der Waals surface area contributed by atoms with Crippen LogP contribution in [0, 0.1) is 17.8 Å². The lowest BCUT2D eigenvalue weighted by molar-refractivity contribution is -0.158. The first-order valence-electron chi connectivity index (χ1n) is 7.53. The Morgan fingerprint density at radius 3 is 2.05 bits per heavy atom. The topological polar surface area (TPSA) is 93.1 Å². The van der Waals surface area contributed by atoms with Gasteiger partial charge in [0.1, 0.15) is 0 Å². The Labute approximate surface area is 126 Å². The van der Waals surface area contributed by atoms with E-state index in [0.29, 0.717) is 19.6 Å². The quantitative estimate of drug-likeness (QED) is 0.327. The van der Waals surface area contributed by atoms with Crippen LogP contribution in [0.15, 0.2) is 0 Å². The third-order valence-corrected chi connectivity index (χ3v) is 3.72. The van der Waals surface area contributed by atoms with Gasteiger partial charge in [0.25, 0.3) is 0 Å². The fraction of sp³-hybridized carbons (Fsp3) is 0.867. The van der Waals surface area contributed by atoms with Gasteiger partial charge in [-0.05, 0) is 38.5 Å². The average Bonchev–Trinajstić information content (AvgIpc) is 2.39. The molecule has 0 heterocycles. The van der Waals surface area contributed by atoms with Crippen LogP contribution in [0.3, 0.4) is 0 Å². The van der Waals surface area contributed by atoms with Gasteiger partial charge in [-0.1, -0.05) is 20.3 Å². The monoisotopic (exact) mass is 304 g/mol. The maximum atomic E-state index is 11.1. The summed E-state index contributed by atoms with van der Waals surface area (Å²) in [6.07, 6.45) is 1.76. The smallest absolute Gasteiger partial charge is 0.318 e. The molecule has 0 radical (unpaired) electrons. The molecule has 124 valence electrons. The van der Waals surface area contributed by atoms with E-state index in [2.05, 4.69) is 0 Å². The van der Waals surface area contributed by atoms with Crippen molar-refractivity contribution in [3.63, 3.8) is 0 Å². The van der Waals surface area contributed by atoms with E-state index in [-0.39, 0.29) is 18.1 Å². The van der Waals surface area contributed by atoms with Gasteiger partial charge >= 0.3 is 11.9 Å². The van der Waals surface area contributed by atoms with Gasteiger partial charge in [-0.25, -0.2) is 0 Å². The second kappa shape index (κ2) is 10.6. The zero-order chi connectivity index (χ0) is 16.4. The molecule has 0 saturated carbocycles. The molecule has 0 saturated heterocycles. The van der Waals surface area contributed by atoms with Crippen LogP contribution in [0.1, 0.15) is 47.0 Å². The van der Waals surface area contributed by atoms with Crippen molar-refractivity contribution >= 4 is 11.9 Å². The fourth-order valence-corrected chi connectivity index (χ4v) is 2.59. The van der Waals surface area contributed by atoms with E-state index in [9.17, 15) is 9.59 Å². The first-order valence-corrected chi connectivity index (χ1v) is 7.53. The Morgan fingerprint density at radius 2 is 1.62 bits per heavy atom. The molecule has 0 aromatic rings. The van der Waals surface area contributed by atoms with E-state index in [1.165, 1.54) is 0 Å². The van der Waals surface area contributed by atoms with Gasteiger partial charge in [0.15, 0.2) is 12.2 Å². The van der Waals surface area contributed by atoms with Crippen LogP contribution in [-0.4, -0.2) is 41.7 Å². The van der Waals surface area contributed by atoms with Gasteiger partial charge in [-0.15, -0.1) is 0 Å². The third kappa shape index (κ3) is 7.43. The van der Waals surface area contributed by atoms with Gasteiger partial charge in [0.05, 0.1) is 0 Å². The Morgan fingerprint density at radius 1 is 1.05 bits per heavy atom. The summed E-state index contributed by atoms with van der Waals surface area (Å²) in [4.78, 5) is 22.2. The molecule has 0 rings (SSSR count). The minimum atomic E-state index is -1.34. The van der Waals surface area contributed by atoms with Crippen LogP contribution in [0.25, 0.3) is 0 Å². The predicted octanol–water partition coefficient (Wildman–Crippen LogP) is 2.61. The highest BCUT2D eigenvalue weighted by molar-refractivity contribution is 5.93. The molecule has 0 aliphatic rings. The van der Waals surface area contributed by atoms with Gasteiger partial charge in [-0.2, -0.15) is 0 Å². The lowest BCUT2D eigenvalue weighted by atomic mass is 9.78. The maximum Gasteiger partial charge on any atom is 0.318 e. The summed E-state index contributed by atoms with van der Waals surface area (Å²) >= 11 is 0. The van der Waals surface area contributed by atoms with E-state index in [1.54, 1.807) is 0 Å². The van der Waals surface area contributed by atoms with Crippen molar-refractivity contribution in [2.45, 2.75) is 53.2 Å². The van der Waals surface area contributed by atoms with Crippen molar-refractivity contribution in [2.75, 3.05) is 13.2 Å². The van der Waals surface area contributed by atoms with Crippen molar-refractivity contribution in [1.82, 2.24) is 0 Å². The lowest BCUT2D eigenvalue weighted by Gasteiger charge is -2.26. The summed E-state index contributed by atoms with van der Waals surface area (Å²) in [5.41, 5.74) is 0. The molecule has 21 heavy (non-hydrogen) atoms. The molecule has 0 spiro atoms. The molecule has 0 aliphatic heterocycles. The summed E-state index contributed by atoms with van der Waals surface area (Å²) in [5.74, 6) is -4.22. The van der Waals surface area contributed by atoms with Crippen LogP contribution < -0.4 is 0 Å². The Balaban J connectivity index is 4.30. The van der Waals surface area contributed by atoms with Gasteiger partial charge < -0.3 is 19.7 Å². The highest BCUT2D eigenvalue weighted by Gasteiger charge is 2.36. The van der Waals surface area contributed by atoms with E-state index in [0.717, 1.165) is 12.8 Å². The average molecular weight is 304 g/mol. The number of rotatable bonds is 12. The van der Waals surface area contributed by atoms with Crippen molar-refractivity contribution in [3.8, 4) is 0 Å². The molecule has 0 aromatic carbocycles. The summed E-state index contributed by atoms with van der Waals surface area (Å²) in [6.45, 7) is 8.56. The first-order chi connectivity index (χ1) is 9.84. The largest absolute Gasteiger partial charge is 0.481 e. The minimum Gasteiger partial charge on any atom is -0.481 e. The molecule has 3 unspecified atom stereocenters. The van der Waals surface area contributed by atoms with Gasteiger partial charge in [0.2, 0.25) is 0 Å². The Hall–Kier alpha value is -1.14. The molecule has 0 amide bonds. The molecule has 3 atom stereocenters. The third-order valence-electron chi connectivity index (χ3n) is 3.72. The number of ether oxygens (including phenoxy) is 2. The molecule has 0 bridgehead atoms. The van der Waals surface area contributed by atoms with Crippen LogP contribution in [-0.2, 0) is 19.1 Å². The van der Waals surface area contributed by atoms with Crippen LogP contribution in [0.5, 0.6) is 0 Å². The number of hydrogen-bond donors (Lipinski definition) is 2. The van der Waals surface area contributed by atoms with E-state index in [1.807, 2.05) is 27.7 Å². The van der Waals surface area contributed by atoms with Crippen LogP contribution >= 0.6 is 0 Å². The van der Waals surface area contributed by atoms with E-state index >= 15 is 0 Å². The van der Waals surface area contributed by atoms with Crippen molar-refractivity contribution in [2.24, 2.45) is 17.8 Å². The van der Waals surface area contributed by atoms with E-state index in [4.69, 9.17) is 19.7 Å². The molecule has 6 heteroatoms. The molecular formula is C15H28O6. The van der Waals surface area contributed by atoms with Gasteiger partial charge in [-0.3, -0.25) is 9.59 Å². The zero-order valence-corrected chi connectivity index (χ0v) is 13.4. The van der Waals surface area contributed by atoms with E-state index < -0.39 is 17.9 Å². The number of hydrogen-bond acceptors (Lipinski definition) is 4. The second-order valence-electron chi connectivity index (χ2n) is 5.24. The Bertz CT molecular complexity index is 303. The van der Waals surface area contributed by atoms with Crippen LogP contribution in [0.2, 0.25) is 0 Å². The number of aliphatic carboxylic acids is 2. The highest BCUT2D eigenvalue weighted by Crippen LogP contribution is 2.28. The second-order valence-corrected chi connectivity index (χ2v) is 5.24. The maximum absolute atomic E-state index is 11.1. The normalized spacial score (nSPS) is 15.7. The molecular weight excluding hydrogens is 276 g/mol. The predicted molar refractivity (Wildman–Crippen MR) is 78.0 cm³/mol. The van der Waals surface area contributed by atoms with Crippen molar-refractivity contribution < 1.29 is 29.3 Å². The minimum absolute atomic E-state index is 0.0122. The lowest BCUT2D eigenvalue weighted by Crippen LogP contribution is -2.34. The summed E-state index contributed by atoms with van der Waals surface area (Å²) in [7, 11) is 0. The molecule has 0 fully saturated rings. The molecule has 6 nitrogen and oxygen atoms in total. The van der Waals surface area contributed by atoms with Crippen molar-refractivity contribution in [3.05, 3.63) is 0 Å². The highest BCUT2D eigenvalue weighted by atomic mass is 16.7. The first kappa shape index (κ1) is 19.9.